The number of amides is 1. The van der Waals surface area contributed by atoms with Crippen LogP contribution in [0.15, 0.2) is 91.6 Å². The predicted molar refractivity (Wildman–Crippen MR) is 130 cm³/mol. The molecule has 0 radical (unpaired) electrons. The molecule has 1 aliphatic rings. The van der Waals surface area contributed by atoms with Crippen molar-refractivity contribution < 1.29 is 18.0 Å². The molecule has 35 heavy (non-hydrogen) atoms. The Morgan fingerprint density at radius 1 is 0.943 bits per heavy atom. The summed E-state index contributed by atoms with van der Waals surface area (Å²) in [4.78, 5) is 19.8. The molecule has 0 saturated heterocycles. The van der Waals surface area contributed by atoms with Crippen molar-refractivity contribution >= 4 is 29.0 Å². The van der Waals surface area contributed by atoms with Gasteiger partial charge in [-0.3, -0.25) is 9.69 Å². The molecule has 0 bridgehead atoms. The van der Waals surface area contributed by atoms with Gasteiger partial charge in [0, 0.05) is 12.3 Å². The van der Waals surface area contributed by atoms with E-state index in [1.807, 2.05) is 0 Å². The summed E-state index contributed by atoms with van der Waals surface area (Å²) < 4.78 is 41.8. The Hall–Kier alpha value is -3.90. The molecule has 0 saturated carbocycles. The summed E-state index contributed by atoms with van der Waals surface area (Å²) in [6.07, 6.45) is 3.06. The Morgan fingerprint density at radius 2 is 1.66 bits per heavy atom. The van der Waals surface area contributed by atoms with Crippen molar-refractivity contribution in [2.75, 3.05) is 4.90 Å². The molecule has 3 nitrogen and oxygen atoms in total. The van der Waals surface area contributed by atoms with Crippen LogP contribution in [0.3, 0.4) is 0 Å². The third kappa shape index (κ3) is 3.90. The van der Waals surface area contributed by atoms with Crippen LogP contribution < -0.4 is 4.90 Å². The Morgan fingerprint density at radius 3 is 2.31 bits per heavy atom. The van der Waals surface area contributed by atoms with E-state index in [2.05, 4.69) is 11.6 Å². The first kappa shape index (κ1) is 22.9. The molecule has 1 aromatic heterocycles. The zero-order valence-electron chi connectivity index (χ0n) is 18.3. The molecular weight excluding hydrogens is 473 g/mol. The maximum absolute atomic E-state index is 14.0. The number of fused-ring (bicyclic) bond motifs is 1. The van der Waals surface area contributed by atoms with Crippen LogP contribution in [0.25, 0.3) is 11.1 Å². The third-order valence-electron chi connectivity index (χ3n) is 6.19. The van der Waals surface area contributed by atoms with E-state index in [0.29, 0.717) is 33.8 Å². The van der Waals surface area contributed by atoms with Crippen LogP contribution in [0.5, 0.6) is 0 Å². The minimum absolute atomic E-state index is 0.0199. The van der Waals surface area contributed by atoms with Crippen molar-refractivity contribution in [2.45, 2.75) is 11.8 Å². The molecule has 0 spiro atoms. The largest absolute Gasteiger partial charge is 0.273 e. The van der Waals surface area contributed by atoms with Crippen molar-refractivity contribution in [2.24, 2.45) is 0 Å². The van der Waals surface area contributed by atoms with Gasteiger partial charge in [-0.05, 0) is 77.2 Å². The number of rotatable bonds is 5. The summed E-state index contributed by atoms with van der Waals surface area (Å²) in [6.45, 7) is 3.94. The molecule has 174 valence electrons. The first-order valence-corrected chi connectivity index (χ1v) is 11.1. The lowest BCUT2D eigenvalue weighted by atomic mass is 9.76. The molecule has 1 unspecified atom stereocenters. The van der Waals surface area contributed by atoms with E-state index >= 15 is 0 Å². The van der Waals surface area contributed by atoms with Gasteiger partial charge in [0.05, 0.1) is 16.1 Å². The second kappa shape index (κ2) is 8.71. The summed E-state index contributed by atoms with van der Waals surface area (Å²) in [5.74, 6) is -1.95. The van der Waals surface area contributed by atoms with Gasteiger partial charge in [0.1, 0.15) is 23.3 Å². The fraction of sp³-hybridized carbons (Fsp3) is 0.0714. The lowest BCUT2D eigenvalue weighted by Crippen LogP contribution is -2.38. The van der Waals surface area contributed by atoms with E-state index in [4.69, 9.17) is 11.6 Å². The summed E-state index contributed by atoms with van der Waals surface area (Å²) >= 11 is 5.99. The van der Waals surface area contributed by atoms with Crippen LogP contribution >= 0.6 is 11.6 Å². The number of benzene rings is 3. The van der Waals surface area contributed by atoms with E-state index in [-0.39, 0.29) is 17.4 Å². The predicted octanol–water partition coefficient (Wildman–Crippen LogP) is 7.16. The van der Waals surface area contributed by atoms with Crippen LogP contribution in [0.4, 0.5) is 24.7 Å². The smallest absolute Gasteiger partial charge is 0.247 e. The first-order chi connectivity index (χ1) is 16.8. The molecule has 7 heteroatoms. The zero-order valence-corrected chi connectivity index (χ0v) is 19.1. The number of hydrogen-bond acceptors (Lipinski definition) is 2. The van der Waals surface area contributed by atoms with E-state index in [1.54, 1.807) is 48.7 Å². The standard InChI is InChI=1S/C28H18ClF3N2O/c1-2-28(16-17-11-20(30)15-21(31)12-17)22-13-18(19-6-8-24(32)23(29)14-19)7-9-25(22)34(27(28)35)26-5-3-4-10-33-26/h2-15H,1,16H2. The number of carbonyl (C=O) groups excluding carboxylic acids is 1. The number of halogens is 4. The highest BCUT2D eigenvalue weighted by Gasteiger charge is 2.50. The number of nitrogens with zero attached hydrogens (tertiary/aromatic N) is 2. The van der Waals surface area contributed by atoms with Crippen LogP contribution in [0.1, 0.15) is 11.1 Å². The topological polar surface area (TPSA) is 33.2 Å². The lowest BCUT2D eigenvalue weighted by molar-refractivity contribution is -0.121. The second-order valence-corrected chi connectivity index (χ2v) is 8.73. The Kier molecular flexibility index (Phi) is 5.69. The fourth-order valence-electron chi connectivity index (χ4n) is 4.56. The summed E-state index contributed by atoms with van der Waals surface area (Å²) in [5, 5.41) is -0.0283. The highest BCUT2D eigenvalue weighted by molar-refractivity contribution is 6.31. The van der Waals surface area contributed by atoms with Crippen LogP contribution in [-0.2, 0) is 16.6 Å². The first-order valence-electron chi connectivity index (χ1n) is 10.8. The molecule has 0 N–H and O–H groups in total. The number of carbonyl (C=O) groups is 1. The van der Waals surface area contributed by atoms with Crippen LogP contribution in [0, 0.1) is 17.5 Å². The van der Waals surface area contributed by atoms with E-state index in [0.717, 1.165) is 6.07 Å². The minimum Gasteiger partial charge on any atom is -0.273 e. The molecule has 3 aromatic carbocycles. The van der Waals surface area contributed by atoms with Crippen LogP contribution in [0.2, 0.25) is 5.02 Å². The maximum atomic E-state index is 14.0. The molecule has 1 atom stereocenters. The minimum atomic E-state index is -1.33. The highest BCUT2D eigenvalue weighted by atomic mass is 35.5. The van der Waals surface area contributed by atoms with Crippen molar-refractivity contribution in [3.8, 4) is 11.1 Å². The average molecular weight is 491 g/mol. The van der Waals surface area contributed by atoms with Gasteiger partial charge in [-0.1, -0.05) is 35.9 Å². The average Bonchev–Trinajstić information content (AvgIpc) is 3.08. The number of aromatic nitrogens is 1. The van der Waals surface area contributed by atoms with E-state index in [9.17, 15) is 18.0 Å². The maximum Gasteiger partial charge on any atom is 0.247 e. The summed E-state index contributed by atoms with van der Waals surface area (Å²) in [7, 11) is 0. The van der Waals surface area contributed by atoms with Gasteiger partial charge >= 0.3 is 0 Å². The quantitative estimate of drug-likeness (QED) is 0.278. The molecule has 2 heterocycles. The number of pyridine rings is 1. The number of anilines is 2. The van der Waals surface area contributed by atoms with Gasteiger partial charge in [0.15, 0.2) is 0 Å². The summed E-state index contributed by atoms with van der Waals surface area (Å²) in [5.41, 5.74) is 1.48. The van der Waals surface area contributed by atoms with Gasteiger partial charge in [-0.2, -0.15) is 0 Å². The Labute approximate surface area is 205 Å². The Balaban J connectivity index is 1.72. The molecule has 0 fully saturated rings. The van der Waals surface area contributed by atoms with Crippen molar-refractivity contribution in [3.63, 3.8) is 0 Å². The van der Waals surface area contributed by atoms with Gasteiger partial charge < -0.3 is 0 Å². The van der Waals surface area contributed by atoms with Crippen LogP contribution in [-0.4, -0.2) is 10.9 Å². The SMILES string of the molecule is C=CC1(Cc2cc(F)cc(F)c2)C(=O)N(c2ccccn2)c2ccc(-c3ccc(F)c(Cl)c3)cc21. The monoisotopic (exact) mass is 490 g/mol. The van der Waals surface area contributed by atoms with Crippen molar-refractivity contribution in [1.29, 1.82) is 0 Å². The second-order valence-electron chi connectivity index (χ2n) is 8.32. The highest BCUT2D eigenvalue weighted by Crippen LogP contribution is 2.49. The molecular formula is C28H18ClF3N2O. The van der Waals surface area contributed by atoms with Crippen molar-refractivity contribution in [3.05, 3.63) is 125 Å². The third-order valence-corrected chi connectivity index (χ3v) is 6.48. The molecule has 0 aliphatic carbocycles. The summed E-state index contributed by atoms with van der Waals surface area (Å²) in [6, 6.07) is 18.1. The molecule has 1 amide bonds. The zero-order chi connectivity index (χ0) is 24.7. The van der Waals surface area contributed by atoms with Gasteiger partial charge in [0.2, 0.25) is 5.91 Å². The normalized spacial score (nSPS) is 16.9. The van der Waals surface area contributed by atoms with E-state index in [1.165, 1.54) is 35.2 Å². The number of hydrogen-bond donors (Lipinski definition) is 0. The lowest BCUT2D eigenvalue weighted by Gasteiger charge is -2.25. The van der Waals surface area contributed by atoms with Crippen molar-refractivity contribution in [1.82, 2.24) is 4.98 Å². The van der Waals surface area contributed by atoms with E-state index < -0.39 is 22.9 Å². The van der Waals surface area contributed by atoms with Gasteiger partial charge in [-0.25, -0.2) is 18.2 Å². The Bertz CT molecular complexity index is 1450. The molecule has 4 aromatic rings. The molecule has 5 rings (SSSR count). The molecule has 1 aliphatic heterocycles. The van der Waals surface area contributed by atoms with Gasteiger partial charge in [0.25, 0.3) is 0 Å². The van der Waals surface area contributed by atoms with Gasteiger partial charge in [-0.15, -0.1) is 6.58 Å². The fourth-order valence-corrected chi connectivity index (χ4v) is 4.74.